The number of carbonyl (C=O) groups is 1. The summed E-state index contributed by atoms with van der Waals surface area (Å²) in [5.74, 6) is -0.197. The van der Waals surface area contributed by atoms with Crippen molar-refractivity contribution in [3.05, 3.63) is 28.8 Å². The van der Waals surface area contributed by atoms with Gasteiger partial charge in [0, 0.05) is 30.2 Å². The molecular weight excluding hydrogens is 276 g/mol. The first-order valence-corrected chi connectivity index (χ1v) is 7.50. The summed E-state index contributed by atoms with van der Waals surface area (Å²) in [5, 5.41) is 13.2. The molecule has 2 aromatic heterocycles. The van der Waals surface area contributed by atoms with Crippen LogP contribution in [-0.2, 0) is 17.6 Å². The van der Waals surface area contributed by atoms with Crippen LogP contribution < -0.4 is 5.32 Å². The van der Waals surface area contributed by atoms with Crippen LogP contribution in [0.25, 0.3) is 0 Å². The number of carboxylic acids is 1. The second-order valence-corrected chi connectivity index (χ2v) is 5.91. The lowest BCUT2D eigenvalue weighted by atomic mass is 10.1. The molecule has 0 aromatic carbocycles. The van der Waals surface area contributed by atoms with Gasteiger partial charge in [0.15, 0.2) is 5.13 Å². The largest absolute Gasteiger partial charge is 0.481 e. The maximum absolute atomic E-state index is 11.1. The predicted molar refractivity (Wildman–Crippen MR) is 76.2 cm³/mol. The van der Waals surface area contributed by atoms with Gasteiger partial charge in [0.25, 0.3) is 0 Å². The number of anilines is 1. The van der Waals surface area contributed by atoms with Gasteiger partial charge in [-0.1, -0.05) is 0 Å². The number of aliphatic carboxylic acids is 1. The Morgan fingerprint density at radius 1 is 1.60 bits per heavy atom. The summed E-state index contributed by atoms with van der Waals surface area (Å²) in [5.41, 5.74) is 0.760. The minimum Gasteiger partial charge on any atom is -0.481 e. The third-order valence-corrected chi connectivity index (χ3v) is 4.53. The van der Waals surface area contributed by atoms with Crippen LogP contribution in [0.3, 0.4) is 0 Å². The standard InChI is InChI=1S/C13H16N4O2S/c18-12(19)8-3-4-9-11(8)17-13(20-9)16-5-1-2-10-14-6-7-15-10/h6-8H,1-5H2,(H,14,15)(H,16,17)(H,18,19). The molecule has 7 heteroatoms. The van der Waals surface area contributed by atoms with E-state index in [9.17, 15) is 4.79 Å². The lowest BCUT2D eigenvalue weighted by Gasteiger charge is -2.03. The number of nitrogens with zero attached hydrogens (tertiary/aromatic N) is 2. The molecule has 1 atom stereocenters. The lowest BCUT2D eigenvalue weighted by Crippen LogP contribution is -2.09. The van der Waals surface area contributed by atoms with E-state index in [0.717, 1.165) is 47.3 Å². The Hall–Kier alpha value is -1.89. The number of rotatable bonds is 6. The quantitative estimate of drug-likeness (QED) is 0.709. The van der Waals surface area contributed by atoms with Crippen LogP contribution in [-0.4, -0.2) is 32.6 Å². The van der Waals surface area contributed by atoms with Gasteiger partial charge in [-0.3, -0.25) is 4.79 Å². The molecule has 2 aromatic rings. The number of aromatic nitrogens is 3. The Labute approximate surface area is 120 Å². The number of hydrogen-bond donors (Lipinski definition) is 3. The minimum absolute atomic E-state index is 0.417. The fourth-order valence-corrected chi connectivity index (χ4v) is 3.49. The van der Waals surface area contributed by atoms with E-state index in [2.05, 4.69) is 20.3 Å². The van der Waals surface area contributed by atoms with E-state index in [1.54, 1.807) is 17.5 Å². The highest BCUT2D eigenvalue weighted by Gasteiger charge is 2.32. The Morgan fingerprint density at radius 3 is 3.25 bits per heavy atom. The zero-order valence-electron chi connectivity index (χ0n) is 10.9. The lowest BCUT2D eigenvalue weighted by molar-refractivity contribution is -0.138. The highest BCUT2D eigenvalue weighted by molar-refractivity contribution is 7.15. The first kappa shape index (κ1) is 13.1. The maximum Gasteiger partial charge on any atom is 0.312 e. The van der Waals surface area contributed by atoms with Crippen molar-refractivity contribution in [3.8, 4) is 0 Å². The molecule has 0 fully saturated rings. The van der Waals surface area contributed by atoms with Crippen LogP contribution in [0, 0.1) is 0 Å². The van der Waals surface area contributed by atoms with Crippen LogP contribution >= 0.6 is 11.3 Å². The maximum atomic E-state index is 11.1. The van der Waals surface area contributed by atoms with E-state index in [1.165, 1.54) is 0 Å². The van der Waals surface area contributed by atoms with Gasteiger partial charge >= 0.3 is 5.97 Å². The number of fused-ring (bicyclic) bond motifs is 1. The molecule has 2 heterocycles. The first-order valence-electron chi connectivity index (χ1n) is 6.68. The van der Waals surface area contributed by atoms with Gasteiger partial charge in [-0.25, -0.2) is 9.97 Å². The molecule has 0 radical (unpaired) electrons. The van der Waals surface area contributed by atoms with Crippen molar-refractivity contribution in [3.63, 3.8) is 0 Å². The molecule has 0 saturated heterocycles. The fraction of sp³-hybridized carbons (Fsp3) is 0.462. The molecule has 0 saturated carbocycles. The Morgan fingerprint density at radius 2 is 2.50 bits per heavy atom. The second-order valence-electron chi connectivity index (χ2n) is 4.82. The smallest absolute Gasteiger partial charge is 0.312 e. The third kappa shape index (κ3) is 2.67. The van der Waals surface area contributed by atoms with Crippen molar-refractivity contribution in [1.29, 1.82) is 0 Å². The van der Waals surface area contributed by atoms with Gasteiger partial charge in [0.1, 0.15) is 11.7 Å². The van der Waals surface area contributed by atoms with Gasteiger partial charge in [0.2, 0.25) is 0 Å². The number of aromatic amines is 1. The third-order valence-electron chi connectivity index (χ3n) is 3.44. The molecule has 3 rings (SSSR count). The highest BCUT2D eigenvalue weighted by Crippen LogP contribution is 2.38. The minimum atomic E-state index is -0.765. The van der Waals surface area contributed by atoms with Gasteiger partial charge < -0.3 is 15.4 Å². The first-order chi connectivity index (χ1) is 9.74. The molecule has 0 bridgehead atoms. The highest BCUT2D eigenvalue weighted by atomic mass is 32.1. The molecule has 0 amide bonds. The zero-order chi connectivity index (χ0) is 13.9. The van der Waals surface area contributed by atoms with Crippen LogP contribution in [0.2, 0.25) is 0 Å². The van der Waals surface area contributed by atoms with E-state index in [1.807, 2.05) is 6.20 Å². The number of hydrogen-bond acceptors (Lipinski definition) is 5. The van der Waals surface area contributed by atoms with E-state index in [-0.39, 0.29) is 0 Å². The van der Waals surface area contributed by atoms with E-state index < -0.39 is 11.9 Å². The fourth-order valence-electron chi connectivity index (χ4n) is 2.43. The molecule has 106 valence electrons. The van der Waals surface area contributed by atoms with Crippen LogP contribution in [0.4, 0.5) is 5.13 Å². The van der Waals surface area contributed by atoms with Gasteiger partial charge in [-0.2, -0.15) is 0 Å². The van der Waals surface area contributed by atoms with Gasteiger partial charge in [-0.15, -0.1) is 11.3 Å². The zero-order valence-corrected chi connectivity index (χ0v) is 11.7. The molecule has 0 aliphatic heterocycles. The summed E-state index contributed by atoms with van der Waals surface area (Å²) in [6.45, 7) is 0.810. The topological polar surface area (TPSA) is 90.9 Å². The summed E-state index contributed by atoms with van der Waals surface area (Å²) in [4.78, 5) is 23.9. The van der Waals surface area contributed by atoms with E-state index in [4.69, 9.17) is 5.11 Å². The molecule has 1 unspecified atom stereocenters. The summed E-state index contributed by atoms with van der Waals surface area (Å²) in [7, 11) is 0. The molecule has 1 aliphatic rings. The number of nitrogens with one attached hydrogen (secondary N) is 2. The molecule has 0 spiro atoms. The van der Waals surface area contributed by atoms with E-state index >= 15 is 0 Å². The predicted octanol–water partition coefficient (Wildman–Crippen LogP) is 2.03. The van der Waals surface area contributed by atoms with Crippen molar-refractivity contribution >= 4 is 22.4 Å². The van der Waals surface area contributed by atoms with Gasteiger partial charge in [0.05, 0.1) is 5.69 Å². The SMILES string of the molecule is O=C(O)C1CCc2sc(NCCCc3ncc[nH]3)nc21. The molecule has 3 N–H and O–H groups in total. The molecule has 6 nitrogen and oxygen atoms in total. The summed E-state index contributed by atoms with van der Waals surface area (Å²) in [6, 6.07) is 0. The number of aryl methyl sites for hydroxylation is 2. The van der Waals surface area contributed by atoms with Crippen molar-refractivity contribution in [2.24, 2.45) is 0 Å². The van der Waals surface area contributed by atoms with E-state index in [0.29, 0.717) is 6.42 Å². The molecule has 20 heavy (non-hydrogen) atoms. The number of H-pyrrole nitrogens is 1. The van der Waals surface area contributed by atoms with Crippen LogP contribution in [0.5, 0.6) is 0 Å². The van der Waals surface area contributed by atoms with Crippen molar-refractivity contribution < 1.29 is 9.90 Å². The van der Waals surface area contributed by atoms with Crippen molar-refractivity contribution in [1.82, 2.24) is 15.0 Å². The molecular formula is C13H16N4O2S. The molecule has 1 aliphatic carbocycles. The van der Waals surface area contributed by atoms with Crippen molar-refractivity contribution in [2.45, 2.75) is 31.6 Å². The van der Waals surface area contributed by atoms with Crippen molar-refractivity contribution in [2.75, 3.05) is 11.9 Å². The van der Waals surface area contributed by atoms with Crippen LogP contribution in [0.15, 0.2) is 12.4 Å². The van der Waals surface area contributed by atoms with Gasteiger partial charge in [-0.05, 0) is 19.3 Å². The normalized spacial score (nSPS) is 17.1. The number of carboxylic acid groups (broad SMARTS) is 1. The summed E-state index contributed by atoms with van der Waals surface area (Å²) in [6.07, 6.45) is 6.93. The summed E-state index contributed by atoms with van der Waals surface area (Å²) >= 11 is 1.58. The number of imidazole rings is 1. The summed E-state index contributed by atoms with van der Waals surface area (Å²) < 4.78 is 0. The average molecular weight is 292 g/mol. The Bertz CT molecular complexity index is 594. The monoisotopic (exact) mass is 292 g/mol. The second kappa shape index (κ2) is 5.62. The number of thiazole rings is 1. The Balaban J connectivity index is 1.52. The average Bonchev–Trinajstić information content (AvgIpc) is 3.10. The van der Waals surface area contributed by atoms with Crippen LogP contribution in [0.1, 0.15) is 35.2 Å². The Kier molecular flexibility index (Phi) is 3.68.